The van der Waals surface area contributed by atoms with Crippen LogP contribution in [0.25, 0.3) is 5.69 Å². The number of nitrogens with zero attached hydrogens (tertiary/aromatic N) is 2. The van der Waals surface area contributed by atoms with Crippen LogP contribution in [0.15, 0.2) is 34.9 Å². The molecule has 2 rings (SSSR count). The highest BCUT2D eigenvalue weighted by Gasteiger charge is 2.26. The van der Waals surface area contributed by atoms with Crippen LogP contribution in [-0.2, 0) is 0 Å². The summed E-state index contributed by atoms with van der Waals surface area (Å²) in [4.78, 5) is 10.8. The lowest BCUT2D eigenvalue weighted by atomic mass is 10.3. The summed E-state index contributed by atoms with van der Waals surface area (Å²) in [6, 6.07) is 8.41. The second-order valence-electron chi connectivity index (χ2n) is 2.76. The Morgan fingerprint density at radius 3 is 2.67 bits per heavy atom. The van der Waals surface area contributed by atoms with E-state index in [9.17, 15) is 9.90 Å². The van der Waals surface area contributed by atoms with E-state index in [0.29, 0.717) is 5.69 Å². The Labute approximate surface area is 84.0 Å². The molecular formula is C9H6N2O4. The summed E-state index contributed by atoms with van der Waals surface area (Å²) in [6.45, 7) is 0. The van der Waals surface area contributed by atoms with Crippen molar-refractivity contribution < 1.29 is 24.2 Å². The maximum Gasteiger partial charge on any atom is 0.406 e. The summed E-state index contributed by atoms with van der Waals surface area (Å²) in [7, 11) is 0. The van der Waals surface area contributed by atoms with E-state index in [0.717, 1.165) is 4.68 Å². The van der Waals surface area contributed by atoms with Crippen LogP contribution in [0.5, 0.6) is 5.95 Å². The molecule has 0 unspecified atom stereocenters. The van der Waals surface area contributed by atoms with Crippen molar-refractivity contribution in [3.8, 4) is 11.6 Å². The zero-order valence-corrected chi connectivity index (χ0v) is 7.45. The molecule has 1 N–H and O–H groups in total. The zero-order valence-electron chi connectivity index (χ0n) is 7.45. The quantitative estimate of drug-likeness (QED) is 0.682. The highest BCUT2D eigenvalue weighted by molar-refractivity contribution is 5.85. The van der Waals surface area contributed by atoms with Gasteiger partial charge < -0.3 is 14.7 Å². The van der Waals surface area contributed by atoms with Gasteiger partial charge in [0.1, 0.15) is 0 Å². The number of carboxylic acid groups (broad SMARTS) is 1. The molecule has 0 aliphatic heterocycles. The van der Waals surface area contributed by atoms with Crippen LogP contribution in [0.1, 0.15) is 10.5 Å². The molecule has 0 atom stereocenters. The van der Waals surface area contributed by atoms with Gasteiger partial charge in [0.2, 0.25) is 5.69 Å². The summed E-state index contributed by atoms with van der Waals surface area (Å²) in [5, 5.41) is 23.2. The molecule has 0 spiro atoms. The van der Waals surface area contributed by atoms with Gasteiger partial charge in [-0.1, -0.05) is 18.2 Å². The minimum Gasteiger partial charge on any atom is -0.538 e. The molecule has 0 aliphatic carbocycles. The molecule has 76 valence electrons. The predicted molar refractivity (Wildman–Crippen MR) is 44.4 cm³/mol. The molecule has 0 saturated carbocycles. The van der Waals surface area contributed by atoms with Crippen LogP contribution in [-0.4, -0.2) is 16.3 Å². The van der Waals surface area contributed by atoms with Crippen molar-refractivity contribution in [2.75, 3.05) is 0 Å². The summed E-state index contributed by atoms with van der Waals surface area (Å²) in [6.07, 6.45) is 0. The second-order valence-corrected chi connectivity index (χ2v) is 2.76. The van der Waals surface area contributed by atoms with Crippen molar-refractivity contribution in [1.29, 1.82) is 0 Å². The maximum absolute atomic E-state index is 11.0. The Balaban J connectivity index is 2.59. The summed E-state index contributed by atoms with van der Waals surface area (Å²) in [5.74, 6) is -2.34. The first-order valence-corrected chi connectivity index (χ1v) is 4.08. The number of benzene rings is 1. The summed E-state index contributed by atoms with van der Waals surface area (Å²) in [5.41, 5.74) is -0.0537. The van der Waals surface area contributed by atoms with E-state index in [1.807, 2.05) is 0 Å². The lowest BCUT2D eigenvalue weighted by Crippen LogP contribution is -2.38. The summed E-state index contributed by atoms with van der Waals surface area (Å²) >= 11 is 0. The average Bonchev–Trinajstić information content (AvgIpc) is 2.61. The molecule has 6 heteroatoms. The number of carbonyl (C=O) groups is 1. The first-order valence-electron chi connectivity index (χ1n) is 4.08. The molecule has 15 heavy (non-hydrogen) atoms. The zero-order chi connectivity index (χ0) is 10.8. The molecular weight excluding hydrogens is 200 g/mol. The Bertz CT molecular complexity index is 492. The van der Waals surface area contributed by atoms with Crippen LogP contribution in [0.3, 0.4) is 0 Å². The van der Waals surface area contributed by atoms with Crippen LogP contribution in [0.4, 0.5) is 0 Å². The van der Waals surface area contributed by atoms with Crippen molar-refractivity contribution in [3.05, 3.63) is 36.0 Å². The molecule has 0 amide bonds. The first kappa shape index (κ1) is 9.20. The van der Waals surface area contributed by atoms with E-state index in [-0.39, 0.29) is 0 Å². The minimum atomic E-state index is -1.37. The molecule has 6 nitrogen and oxygen atoms in total. The third-order valence-electron chi connectivity index (χ3n) is 1.81. The van der Waals surface area contributed by atoms with Crippen LogP contribution in [0, 0.1) is 0 Å². The fourth-order valence-corrected chi connectivity index (χ4v) is 1.17. The van der Waals surface area contributed by atoms with Gasteiger partial charge in [-0.05, 0) is 4.68 Å². The highest BCUT2D eigenvalue weighted by Crippen LogP contribution is 2.09. The topological polar surface area (TPSA) is 90.3 Å². The lowest BCUT2D eigenvalue weighted by Gasteiger charge is -1.91. The Morgan fingerprint density at radius 1 is 1.40 bits per heavy atom. The Hall–Kier alpha value is -2.37. The molecule has 2 aromatic rings. The van der Waals surface area contributed by atoms with Gasteiger partial charge in [-0.15, -0.1) is 0 Å². The molecule has 0 radical (unpaired) electrons. The van der Waals surface area contributed by atoms with E-state index in [4.69, 9.17) is 5.11 Å². The van der Waals surface area contributed by atoms with E-state index in [2.05, 4.69) is 9.79 Å². The third kappa shape index (κ3) is 1.52. The first-order chi connectivity index (χ1) is 7.20. The Kier molecular flexibility index (Phi) is 2.09. The second kappa shape index (κ2) is 3.41. The van der Waals surface area contributed by atoms with Crippen molar-refractivity contribution >= 4 is 5.97 Å². The van der Waals surface area contributed by atoms with Gasteiger partial charge in [-0.2, -0.15) is 0 Å². The van der Waals surface area contributed by atoms with Crippen molar-refractivity contribution in [2.24, 2.45) is 0 Å². The number of hydrogen-bond acceptors (Lipinski definition) is 4. The van der Waals surface area contributed by atoms with E-state index < -0.39 is 17.6 Å². The standard InChI is InChI=1S/C9H6N2O4/c12-8(13)7-9(14)15-10-11(7)6-4-2-1-3-5-6/h1-5H,(H-,10,12,13,14). The van der Waals surface area contributed by atoms with Gasteiger partial charge in [0.15, 0.2) is 5.95 Å². The number of para-hydroxylation sites is 1. The van der Waals surface area contributed by atoms with Gasteiger partial charge in [0.25, 0.3) is 0 Å². The SMILES string of the molecule is O=C(O)c1c([O-])on[n+]1-c1ccccc1. The van der Waals surface area contributed by atoms with E-state index >= 15 is 0 Å². The van der Waals surface area contributed by atoms with E-state index in [1.54, 1.807) is 30.3 Å². The monoisotopic (exact) mass is 206 g/mol. The number of carboxylic acids is 1. The fourth-order valence-electron chi connectivity index (χ4n) is 1.17. The van der Waals surface area contributed by atoms with Crippen LogP contribution < -0.4 is 9.79 Å². The van der Waals surface area contributed by atoms with Crippen LogP contribution in [0.2, 0.25) is 0 Å². The average molecular weight is 206 g/mol. The maximum atomic E-state index is 11.0. The molecule has 0 fully saturated rings. The smallest absolute Gasteiger partial charge is 0.406 e. The molecule has 1 heterocycles. The van der Waals surface area contributed by atoms with Crippen LogP contribution >= 0.6 is 0 Å². The number of hydrogen-bond donors (Lipinski definition) is 1. The number of aromatic carboxylic acids is 1. The van der Waals surface area contributed by atoms with Crippen molar-refractivity contribution in [1.82, 2.24) is 5.27 Å². The van der Waals surface area contributed by atoms with Crippen molar-refractivity contribution in [2.45, 2.75) is 0 Å². The van der Waals surface area contributed by atoms with Gasteiger partial charge in [0, 0.05) is 12.1 Å². The molecule has 1 aromatic carbocycles. The largest absolute Gasteiger partial charge is 0.538 e. The molecule has 0 saturated heterocycles. The summed E-state index contributed by atoms with van der Waals surface area (Å²) < 4.78 is 5.24. The molecule has 0 aliphatic rings. The third-order valence-corrected chi connectivity index (χ3v) is 1.81. The Morgan fingerprint density at radius 2 is 2.07 bits per heavy atom. The lowest BCUT2D eigenvalue weighted by molar-refractivity contribution is -0.672. The molecule has 1 aromatic heterocycles. The molecule has 0 bridgehead atoms. The number of rotatable bonds is 2. The van der Waals surface area contributed by atoms with Gasteiger partial charge in [-0.3, -0.25) is 0 Å². The normalized spacial score (nSPS) is 10.1. The highest BCUT2D eigenvalue weighted by atomic mass is 16.6. The predicted octanol–water partition coefficient (Wildman–Crippen LogP) is -0.277. The van der Waals surface area contributed by atoms with Gasteiger partial charge >= 0.3 is 11.7 Å². The van der Waals surface area contributed by atoms with Gasteiger partial charge in [0.05, 0.1) is 5.27 Å². The van der Waals surface area contributed by atoms with Crippen molar-refractivity contribution in [3.63, 3.8) is 0 Å². The van der Waals surface area contributed by atoms with E-state index in [1.165, 1.54) is 0 Å². The van der Waals surface area contributed by atoms with Gasteiger partial charge in [-0.25, -0.2) is 4.79 Å². The fraction of sp³-hybridized carbons (Fsp3) is 0. The number of aromatic nitrogens is 2. The minimum absolute atomic E-state index is 0.459.